The Balaban J connectivity index is 1.90. The number of nitro groups is 1. The third kappa shape index (κ3) is 3.19. The van der Waals surface area contributed by atoms with Crippen LogP contribution in [0.2, 0.25) is 0 Å². The molecule has 0 unspecified atom stereocenters. The van der Waals surface area contributed by atoms with Gasteiger partial charge in [0, 0.05) is 38.0 Å². The lowest BCUT2D eigenvalue weighted by atomic mass is 10.2. The quantitative estimate of drug-likeness (QED) is 0.638. The molecule has 1 aliphatic heterocycles. The third-order valence-electron chi connectivity index (χ3n) is 3.90. The first kappa shape index (κ1) is 15.5. The summed E-state index contributed by atoms with van der Waals surface area (Å²) in [5, 5.41) is 12.8. The standard InChI is InChI=1S/C16H17N3O3S/c1-12(20)18-8-4-7-17(14-5-2-3-6-15(14)18)10-13-9-16(19(21)22)23-11-13/h2-3,5-6,9,11H,4,7-8,10H2,1H3. The number of fused-ring (bicyclic) bond motifs is 1. The van der Waals surface area contributed by atoms with Crippen LogP contribution in [0.3, 0.4) is 0 Å². The molecule has 0 atom stereocenters. The predicted octanol–water partition coefficient (Wildman–Crippen LogP) is 3.42. The molecule has 3 rings (SSSR count). The first-order valence-corrected chi connectivity index (χ1v) is 8.28. The highest BCUT2D eigenvalue weighted by atomic mass is 32.1. The number of hydrogen-bond acceptors (Lipinski definition) is 5. The van der Waals surface area contributed by atoms with Gasteiger partial charge in [0.05, 0.1) is 16.3 Å². The summed E-state index contributed by atoms with van der Waals surface area (Å²) in [5.74, 6) is 0.0328. The summed E-state index contributed by atoms with van der Waals surface area (Å²) in [7, 11) is 0. The van der Waals surface area contributed by atoms with Crippen LogP contribution in [-0.2, 0) is 11.3 Å². The highest BCUT2D eigenvalue weighted by molar-refractivity contribution is 7.13. The summed E-state index contributed by atoms with van der Waals surface area (Å²) in [4.78, 5) is 26.4. The number of anilines is 2. The molecule has 1 aliphatic rings. The molecule has 0 saturated heterocycles. The van der Waals surface area contributed by atoms with Crippen LogP contribution in [0, 0.1) is 10.1 Å². The van der Waals surface area contributed by atoms with E-state index >= 15 is 0 Å². The van der Waals surface area contributed by atoms with Crippen molar-refractivity contribution >= 4 is 33.6 Å². The van der Waals surface area contributed by atoms with E-state index in [1.807, 2.05) is 29.6 Å². The van der Waals surface area contributed by atoms with Gasteiger partial charge in [0.25, 0.3) is 0 Å². The van der Waals surface area contributed by atoms with E-state index in [2.05, 4.69) is 4.90 Å². The van der Waals surface area contributed by atoms with Crippen LogP contribution in [0.25, 0.3) is 0 Å². The van der Waals surface area contributed by atoms with Crippen LogP contribution in [0.5, 0.6) is 0 Å². The monoisotopic (exact) mass is 331 g/mol. The normalized spacial score (nSPS) is 14.3. The lowest BCUT2D eigenvalue weighted by Gasteiger charge is -2.26. The van der Waals surface area contributed by atoms with Gasteiger partial charge in [-0.2, -0.15) is 0 Å². The molecule has 1 aromatic carbocycles. The zero-order valence-corrected chi connectivity index (χ0v) is 13.6. The maximum Gasteiger partial charge on any atom is 0.324 e. The fourth-order valence-corrected chi connectivity index (χ4v) is 3.59. The molecule has 1 amide bonds. The largest absolute Gasteiger partial charge is 0.365 e. The Kier molecular flexibility index (Phi) is 4.29. The average molecular weight is 331 g/mol. The van der Waals surface area contributed by atoms with E-state index in [0.717, 1.165) is 41.2 Å². The highest BCUT2D eigenvalue weighted by Gasteiger charge is 2.23. The predicted molar refractivity (Wildman–Crippen MR) is 91.1 cm³/mol. The molecule has 2 heterocycles. The van der Waals surface area contributed by atoms with E-state index in [9.17, 15) is 14.9 Å². The molecule has 0 N–H and O–H groups in total. The van der Waals surface area contributed by atoms with Crippen molar-refractivity contribution in [2.75, 3.05) is 22.9 Å². The van der Waals surface area contributed by atoms with Gasteiger partial charge in [0.15, 0.2) is 0 Å². The third-order valence-corrected chi connectivity index (χ3v) is 4.83. The minimum absolute atomic E-state index is 0.0328. The molecule has 0 radical (unpaired) electrons. The van der Waals surface area contributed by atoms with Gasteiger partial charge in [0.2, 0.25) is 5.91 Å². The number of para-hydroxylation sites is 2. The van der Waals surface area contributed by atoms with E-state index in [4.69, 9.17) is 0 Å². The number of thiophene rings is 1. The second-order valence-electron chi connectivity index (χ2n) is 5.48. The van der Waals surface area contributed by atoms with Gasteiger partial charge in [-0.05, 0) is 24.1 Å². The van der Waals surface area contributed by atoms with Crippen molar-refractivity contribution in [2.24, 2.45) is 0 Å². The smallest absolute Gasteiger partial charge is 0.324 e. The molecule has 23 heavy (non-hydrogen) atoms. The fraction of sp³-hybridized carbons (Fsp3) is 0.312. The Labute approximate surface area is 138 Å². The zero-order chi connectivity index (χ0) is 16.4. The first-order chi connectivity index (χ1) is 11.1. The average Bonchev–Trinajstić information content (AvgIpc) is 2.91. The van der Waals surface area contributed by atoms with Gasteiger partial charge in [-0.1, -0.05) is 23.5 Å². The zero-order valence-electron chi connectivity index (χ0n) is 12.8. The molecule has 0 fully saturated rings. The van der Waals surface area contributed by atoms with Crippen molar-refractivity contribution in [3.05, 3.63) is 51.4 Å². The molecule has 0 bridgehead atoms. The second-order valence-corrected chi connectivity index (χ2v) is 6.37. The summed E-state index contributed by atoms with van der Waals surface area (Å²) in [6.07, 6.45) is 0.862. The Bertz CT molecular complexity index is 744. The van der Waals surface area contributed by atoms with Gasteiger partial charge >= 0.3 is 5.00 Å². The highest BCUT2D eigenvalue weighted by Crippen LogP contribution is 2.34. The lowest BCUT2D eigenvalue weighted by molar-refractivity contribution is -0.380. The molecule has 0 spiro atoms. The van der Waals surface area contributed by atoms with Crippen molar-refractivity contribution < 1.29 is 9.72 Å². The van der Waals surface area contributed by atoms with E-state index in [0.29, 0.717) is 13.1 Å². The van der Waals surface area contributed by atoms with Crippen molar-refractivity contribution in [2.45, 2.75) is 19.9 Å². The molecule has 1 aromatic heterocycles. The molecule has 0 saturated carbocycles. The summed E-state index contributed by atoms with van der Waals surface area (Å²) in [6.45, 7) is 3.68. The van der Waals surface area contributed by atoms with Gasteiger partial charge < -0.3 is 9.80 Å². The minimum atomic E-state index is -0.359. The van der Waals surface area contributed by atoms with Crippen LogP contribution in [-0.4, -0.2) is 23.9 Å². The maximum absolute atomic E-state index is 11.9. The van der Waals surface area contributed by atoms with Crippen LogP contribution in [0.4, 0.5) is 16.4 Å². The first-order valence-electron chi connectivity index (χ1n) is 7.40. The lowest BCUT2D eigenvalue weighted by Crippen LogP contribution is -2.28. The molecular formula is C16H17N3O3S. The summed E-state index contributed by atoms with van der Waals surface area (Å²) in [5.41, 5.74) is 2.82. The molecule has 6 nitrogen and oxygen atoms in total. The van der Waals surface area contributed by atoms with Crippen LogP contribution < -0.4 is 9.80 Å². The van der Waals surface area contributed by atoms with Gasteiger partial charge in [-0.3, -0.25) is 14.9 Å². The minimum Gasteiger partial charge on any atom is -0.365 e. The Hall–Kier alpha value is -2.41. The van der Waals surface area contributed by atoms with E-state index < -0.39 is 0 Å². The number of carbonyl (C=O) groups excluding carboxylic acids is 1. The van der Waals surface area contributed by atoms with Crippen LogP contribution >= 0.6 is 11.3 Å². The van der Waals surface area contributed by atoms with E-state index in [-0.39, 0.29) is 15.8 Å². The second kappa shape index (κ2) is 6.37. The number of hydrogen-bond donors (Lipinski definition) is 0. The SMILES string of the molecule is CC(=O)N1CCCN(Cc2csc([N+](=O)[O-])c2)c2ccccc21. The van der Waals surface area contributed by atoms with Crippen LogP contribution in [0.15, 0.2) is 35.7 Å². The van der Waals surface area contributed by atoms with Crippen molar-refractivity contribution in [1.29, 1.82) is 0 Å². The number of amides is 1. The number of nitrogens with zero attached hydrogens (tertiary/aromatic N) is 3. The maximum atomic E-state index is 11.9. The van der Waals surface area contributed by atoms with Crippen LogP contribution in [0.1, 0.15) is 18.9 Å². The number of benzene rings is 1. The van der Waals surface area contributed by atoms with Crippen molar-refractivity contribution in [1.82, 2.24) is 0 Å². The van der Waals surface area contributed by atoms with Crippen molar-refractivity contribution in [3.63, 3.8) is 0 Å². The molecule has 2 aromatic rings. The fourth-order valence-electron chi connectivity index (χ4n) is 2.87. The molecule has 7 heteroatoms. The summed E-state index contributed by atoms with van der Waals surface area (Å²) < 4.78 is 0. The Morgan fingerprint density at radius 1 is 1.30 bits per heavy atom. The molecule has 120 valence electrons. The number of carbonyl (C=O) groups is 1. The molecule has 0 aliphatic carbocycles. The van der Waals surface area contributed by atoms with Crippen molar-refractivity contribution in [3.8, 4) is 0 Å². The van der Waals surface area contributed by atoms with E-state index in [1.54, 1.807) is 17.9 Å². The van der Waals surface area contributed by atoms with Gasteiger partial charge in [-0.15, -0.1) is 0 Å². The van der Waals surface area contributed by atoms with E-state index in [1.165, 1.54) is 0 Å². The topological polar surface area (TPSA) is 66.7 Å². The summed E-state index contributed by atoms with van der Waals surface area (Å²) >= 11 is 1.15. The van der Waals surface area contributed by atoms with Gasteiger partial charge in [0.1, 0.15) is 0 Å². The van der Waals surface area contributed by atoms with Gasteiger partial charge in [-0.25, -0.2) is 0 Å². The Morgan fingerprint density at radius 3 is 2.70 bits per heavy atom. The summed E-state index contributed by atoms with van der Waals surface area (Å²) in [6, 6.07) is 9.45. The molecular weight excluding hydrogens is 314 g/mol. The Morgan fingerprint density at radius 2 is 2.04 bits per heavy atom. The number of rotatable bonds is 3.